The summed E-state index contributed by atoms with van der Waals surface area (Å²) >= 11 is 0. The van der Waals surface area contributed by atoms with E-state index in [1.807, 2.05) is 11.9 Å². The maximum Gasteiger partial charge on any atom is 0.253 e. The maximum absolute atomic E-state index is 12.7. The summed E-state index contributed by atoms with van der Waals surface area (Å²) in [5, 5.41) is 3.17. The monoisotopic (exact) mass is 401 g/mol. The van der Waals surface area contributed by atoms with E-state index in [9.17, 15) is 13.2 Å². The Morgan fingerprint density at radius 1 is 1.19 bits per heavy atom. The maximum atomic E-state index is 12.7. The van der Waals surface area contributed by atoms with E-state index in [2.05, 4.69) is 10.0 Å². The van der Waals surface area contributed by atoms with Crippen LogP contribution >= 0.6 is 12.4 Å². The molecule has 6 nitrogen and oxygen atoms in total. The molecule has 1 aromatic carbocycles. The van der Waals surface area contributed by atoms with Gasteiger partial charge in [0.2, 0.25) is 10.0 Å². The molecule has 0 atom stereocenters. The number of likely N-dealkylation sites (tertiary alicyclic amines) is 1. The summed E-state index contributed by atoms with van der Waals surface area (Å²) in [5.74, 6) is 0.585. The molecule has 8 heteroatoms. The molecule has 2 N–H and O–H groups in total. The van der Waals surface area contributed by atoms with Crippen LogP contribution in [0.4, 0.5) is 0 Å². The van der Waals surface area contributed by atoms with Crippen LogP contribution in [0, 0.1) is 5.92 Å². The van der Waals surface area contributed by atoms with Gasteiger partial charge in [-0.3, -0.25) is 4.79 Å². The predicted molar refractivity (Wildman–Crippen MR) is 104 cm³/mol. The van der Waals surface area contributed by atoms with E-state index < -0.39 is 10.0 Å². The summed E-state index contributed by atoms with van der Waals surface area (Å²) in [6, 6.07) is 6.45. The first kappa shape index (κ1) is 21.2. The highest BCUT2D eigenvalue weighted by atomic mass is 35.5. The Bertz CT molecular complexity index is 714. The zero-order valence-corrected chi connectivity index (χ0v) is 16.7. The van der Waals surface area contributed by atoms with Crippen molar-refractivity contribution in [3.8, 4) is 0 Å². The molecule has 1 aromatic rings. The zero-order valence-electron chi connectivity index (χ0n) is 15.1. The topological polar surface area (TPSA) is 78.5 Å². The number of halogens is 1. The lowest BCUT2D eigenvalue weighted by Gasteiger charge is -2.32. The molecule has 1 aliphatic carbocycles. The van der Waals surface area contributed by atoms with E-state index in [1.165, 1.54) is 6.07 Å². The van der Waals surface area contributed by atoms with Crippen LogP contribution in [0.1, 0.15) is 42.5 Å². The Labute approximate surface area is 162 Å². The molecule has 1 saturated heterocycles. The number of nitrogens with zero attached hydrogens (tertiary/aromatic N) is 1. The molecule has 0 spiro atoms. The summed E-state index contributed by atoms with van der Waals surface area (Å²) in [6.45, 7) is 2.49. The van der Waals surface area contributed by atoms with Gasteiger partial charge in [0.1, 0.15) is 0 Å². The molecule has 0 unspecified atom stereocenters. The van der Waals surface area contributed by atoms with Gasteiger partial charge in [-0.15, -0.1) is 12.4 Å². The molecule has 146 valence electrons. The standard InChI is InChI=1S/C18H27N3O3S.ClH/c1-19-10-7-14-8-11-21(12-9-14)18(22)15-3-2-4-17(13-15)25(23,24)20-16-5-6-16;/h2-4,13-14,16,19-20H,5-12H2,1H3;1H. The van der Waals surface area contributed by atoms with E-state index in [0.29, 0.717) is 11.5 Å². The van der Waals surface area contributed by atoms with Crippen LogP contribution in [-0.2, 0) is 10.0 Å². The number of benzene rings is 1. The molecule has 0 radical (unpaired) electrons. The molecular weight excluding hydrogens is 374 g/mol. The number of piperidine rings is 1. The van der Waals surface area contributed by atoms with Crippen LogP contribution in [0.15, 0.2) is 29.2 Å². The van der Waals surface area contributed by atoms with Crippen molar-refractivity contribution in [2.75, 3.05) is 26.7 Å². The normalized spacial score (nSPS) is 18.4. The van der Waals surface area contributed by atoms with Crippen molar-refractivity contribution in [2.24, 2.45) is 5.92 Å². The van der Waals surface area contributed by atoms with Crippen LogP contribution in [-0.4, -0.2) is 51.9 Å². The molecule has 2 fully saturated rings. The Kier molecular flexibility index (Phi) is 7.46. The van der Waals surface area contributed by atoms with Gasteiger partial charge < -0.3 is 10.2 Å². The van der Waals surface area contributed by atoms with Gasteiger partial charge in [-0.25, -0.2) is 13.1 Å². The van der Waals surface area contributed by atoms with E-state index in [0.717, 1.165) is 51.7 Å². The molecule has 0 aromatic heterocycles. The highest BCUT2D eigenvalue weighted by molar-refractivity contribution is 7.89. The Morgan fingerprint density at radius 3 is 2.50 bits per heavy atom. The van der Waals surface area contributed by atoms with Crippen molar-refractivity contribution >= 4 is 28.3 Å². The van der Waals surface area contributed by atoms with Crippen molar-refractivity contribution in [3.05, 3.63) is 29.8 Å². The summed E-state index contributed by atoms with van der Waals surface area (Å²) in [7, 11) is -1.57. The van der Waals surface area contributed by atoms with Gasteiger partial charge in [-0.1, -0.05) is 6.07 Å². The molecule has 1 heterocycles. The van der Waals surface area contributed by atoms with E-state index in [-0.39, 0.29) is 29.3 Å². The second-order valence-corrected chi connectivity index (χ2v) is 8.77. The lowest BCUT2D eigenvalue weighted by molar-refractivity contribution is 0.0687. The molecule has 1 aliphatic heterocycles. The molecular formula is C18H28ClN3O3S. The minimum Gasteiger partial charge on any atom is -0.339 e. The number of sulfonamides is 1. The lowest BCUT2D eigenvalue weighted by Crippen LogP contribution is -2.39. The van der Waals surface area contributed by atoms with E-state index >= 15 is 0 Å². The number of hydrogen-bond donors (Lipinski definition) is 2. The van der Waals surface area contributed by atoms with Gasteiger partial charge in [0.05, 0.1) is 4.90 Å². The third kappa shape index (κ3) is 5.42. The fourth-order valence-corrected chi connectivity index (χ4v) is 4.59. The van der Waals surface area contributed by atoms with Crippen LogP contribution in [0.5, 0.6) is 0 Å². The summed E-state index contributed by atoms with van der Waals surface area (Å²) in [6.07, 6.45) is 4.93. The number of nitrogens with one attached hydrogen (secondary N) is 2. The quantitative estimate of drug-likeness (QED) is 0.732. The summed E-state index contributed by atoms with van der Waals surface area (Å²) in [5.41, 5.74) is 0.451. The second-order valence-electron chi connectivity index (χ2n) is 7.05. The molecule has 1 saturated carbocycles. The van der Waals surface area contributed by atoms with Crippen molar-refractivity contribution in [2.45, 2.75) is 43.0 Å². The summed E-state index contributed by atoms with van der Waals surface area (Å²) in [4.78, 5) is 14.8. The zero-order chi connectivity index (χ0) is 17.9. The van der Waals surface area contributed by atoms with Crippen molar-refractivity contribution in [1.29, 1.82) is 0 Å². The Balaban J connectivity index is 0.00000243. The van der Waals surface area contributed by atoms with Crippen molar-refractivity contribution in [3.63, 3.8) is 0 Å². The van der Waals surface area contributed by atoms with Gasteiger partial charge in [-0.2, -0.15) is 0 Å². The average molecular weight is 402 g/mol. The number of carbonyl (C=O) groups is 1. The van der Waals surface area contributed by atoms with Gasteiger partial charge in [-0.05, 0) is 69.8 Å². The highest BCUT2D eigenvalue weighted by Crippen LogP contribution is 2.24. The van der Waals surface area contributed by atoms with Gasteiger partial charge >= 0.3 is 0 Å². The van der Waals surface area contributed by atoms with Gasteiger partial charge in [0, 0.05) is 24.7 Å². The first-order valence-electron chi connectivity index (χ1n) is 9.06. The number of carbonyl (C=O) groups excluding carboxylic acids is 1. The second kappa shape index (κ2) is 9.17. The van der Waals surface area contributed by atoms with Crippen LogP contribution in [0.3, 0.4) is 0 Å². The number of hydrogen-bond acceptors (Lipinski definition) is 4. The number of rotatable bonds is 7. The van der Waals surface area contributed by atoms with Gasteiger partial charge in [0.25, 0.3) is 5.91 Å². The minimum absolute atomic E-state index is 0. The van der Waals surface area contributed by atoms with Crippen LogP contribution in [0.2, 0.25) is 0 Å². The molecule has 3 rings (SSSR count). The fourth-order valence-electron chi connectivity index (χ4n) is 3.24. The third-order valence-corrected chi connectivity index (χ3v) is 6.51. The molecule has 0 bridgehead atoms. The highest BCUT2D eigenvalue weighted by Gasteiger charge is 2.29. The summed E-state index contributed by atoms with van der Waals surface area (Å²) < 4.78 is 27.3. The molecule has 26 heavy (non-hydrogen) atoms. The van der Waals surface area contributed by atoms with Crippen molar-refractivity contribution in [1.82, 2.24) is 14.9 Å². The predicted octanol–water partition coefficient (Wildman–Crippen LogP) is 2.01. The van der Waals surface area contributed by atoms with E-state index in [4.69, 9.17) is 0 Å². The first-order chi connectivity index (χ1) is 12.0. The van der Waals surface area contributed by atoms with Gasteiger partial charge in [0.15, 0.2) is 0 Å². The van der Waals surface area contributed by atoms with Crippen molar-refractivity contribution < 1.29 is 13.2 Å². The Morgan fingerprint density at radius 2 is 1.88 bits per heavy atom. The van der Waals surface area contributed by atoms with Crippen LogP contribution < -0.4 is 10.0 Å². The number of amides is 1. The lowest BCUT2D eigenvalue weighted by atomic mass is 9.93. The first-order valence-corrected chi connectivity index (χ1v) is 10.5. The van der Waals surface area contributed by atoms with E-state index in [1.54, 1.807) is 18.2 Å². The SMILES string of the molecule is CNCCC1CCN(C(=O)c2cccc(S(=O)(=O)NC3CC3)c2)CC1.Cl. The minimum atomic E-state index is -3.53. The average Bonchev–Trinajstić information content (AvgIpc) is 3.43. The molecule has 1 amide bonds. The van der Waals surface area contributed by atoms with Crippen LogP contribution in [0.25, 0.3) is 0 Å². The Hall–Kier alpha value is -1.15. The smallest absolute Gasteiger partial charge is 0.253 e. The molecule has 2 aliphatic rings. The fraction of sp³-hybridized carbons (Fsp3) is 0.611. The largest absolute Gasteiger partial charge is 0.339 e. The third-order valence-electron chi connectivity index (χ3n) is 4.99.